The summed E-state index contributed by atoms with van der Waals surface area (Å²) in [7, 11) is 0. The van der Waals surface area contributed by atoms with Gasteiger partial charge in [0.2, 0.25) is 0 Å². The minimum atomic E-state index is -0.486. The molecule has 2 aliphatic heterocycles. The molecule has 0 radical (unpaired) electrons. The van der Waals surface area contributed by atoms with E-state index in [9.17, 15) is 8.22 Å². The molecular weight excluding hydrogens is 1180 g/mol. The van der Waals surface area contributed by atoms with Gasteiger partial charge >= 0.3 is 0 Å². The first-order valence-corrected chi connectivity index (χ1v) is 35.2. The largest absolute Gasteiger partial charge is 0.311 e. The number of nitrogens with zero attached hydrogens (tertiary/aromatic N) is 3. The number of anilines is 6. The van der Waals surface area contributed by atoms with Crippen LogP contribution in [0.5, 0.6) is 0 Å². The smallest absolute Gasteiger partial charge is 0.252 e. The van der Waals surface area contributed by atoms with E-state index in [2.05, 4.69) is 325 Å². The van der Waals surface area contributed by atoms with Gasteiger partial charge in [-0.1, -0.05) is 303 Å². The molecule has 0 unspecified atom stereocenters. The molecule has 0 saturated heterocycles. The molecule has 0 aliphatic carbocycles. The van der Waals surface area contributed by atoms with Crippen molar-refractivity contribution >= 4 is 79.0 Å². The molecule has 0 spiro atoms. The van der Waals surface area contributed by atoms with Crippen molar-refractivity contribution in [3.05, 3.63) is 263 Å². The normalized spacial score (nSPS) is 14.8. The number of rotatable bonds is 7. The van der Waals surface area contributed by atoms with Gasteiger partial charge < -0.3 is 14.4 Å². The van der Waals surface area contributed by atoms with E-state index in [-0.39, 0.29) is 83.9 Å². The van der Waals surface area contributed by atoms with E-state index in [0.717, 1.165) is 95.0 Å². The number of hydrogen-bond donors (Lipinski definition) is 0. The summed E-state index contributed by atoms with van der Waals surface area (Å²) in [5, 5.41) is 0.0556. The molecule has 0 saturated carbocycles. The second-order valence-corrected chi connectivity index (χ2v) is 35.2. The van der Waals surface area contributed by atoms with Crippen molar-refractivity contribution in [1.29, 1.82) is 0 Å². The van der Waals surface area contributed by atoms with E-state index < -0.39 is 30.9 Å². The van der Waals surface area contributed by atoms with Crippen LogP contribution >= 0.6 is 0 Å². The van der Waals surface area contributed by atoms with Gasteiger partial charge in [-0.15, -0.1) is 0 Å². The molecule has 11 aromatic carbocycles. The van der Waals surface area contributed by atoms with Crippen LogP contribution in [-0.2, 0) is 37.9 Å². The van der Waals surface area contributed by atoms with Crippen molar-refractivity contribution in [1.82, 2.24) is 4.57 Å². The second kappa shape index (κ2) is 23.3. The van der Waals surface area contributed by atoms with E-state index in [1.807, 2.05) is 6.07 Å². The lowest BCUT2D eigenvalue weighted by molar-refractivity contribution is 0.568. The predicted octanol–water partition coefficient (Wildman–Crippen LogP) is 24.6. The predicted molar refractivity (Wildman–Crippen MR) is 427 cm³/mol. The highest BCUT2D eigenvalue weighted by atomic mass is 15.2. The molecule has 3 heterocycles. The Morgan fingerprint density at radius 2 is 0.643 bits per heavy atom. The van der Waals surface area contributed by atoms with Crippen LogP contribution in [0, 0.1) is 0 Å². The zero-order valence-corrected chi connectivity index (χ0v) is 61.7. The highest BCUT2D eigenvalue weighted by Gasteiger charge is 2.45. The lowest BCUT2D eigenvalue weighted by atomic mass is 9.33. The average molecular weight is 1290 g/mol. The SMILES string of the molecule is [2H]c1c([2H])c([2H])c2c(c1[2H])c1c([2H])c([2H])c([2H])c([2H])c1n2-c1ccc2c(c1)N(c1ccc(-c3cc(C(C)(C)C)cc(C(C)(C)C)c3)cc1)c1cc(-c3ccc(C(C)(C)C)cc3)cc3c1B2c1cc(-c2cc(C(C)(C)C)cc(C(C)(C)C)c2)ccc1N3c1cccc(-c2cc(C(C)(C)C)cc(C(C)(C)C)c2)c1. The van der Waals surface area contributed by atoms with Crippen LogP contribution < -0.4 is 26.2 Å². The van der Waals surface area contributed by atoms with E-state index in [0.29, 0.717) is 5.69 Å². The van der Waals surface area contributed by atoms with Crippen molar-refractivity contribution in [2.24, 2.45) is 0 Å². The number of aromatic nitrogens is 1. The summed E-state index contributed by atoms with van der Waals surface area (Å²) >= 11 is 0. The molecule has 14 rings (SSSR count). The van der Waals surface area contributed by atoms with Gasteiger partial charge in [0.05, 0.1) is 22.0 Å². The van der Waals surface area contributed by atoms with Crippen LogP contribution in [-0.4, -0.2) is 11.3 Å². The standard InChI is InChI=1S/C94H100BN3/c1-88(2,3)67-38-33-59(34-39-67)66-53-85-87-86(54-66)98(75-28-26-27-61(51-75)64-47-70(91(10,11)12)56-71(48-64)92(13,14)15)83-44-37-62(65-49-72(93(16,17)18)57-73(50-65)94(19,20)21)52-80(83)95(87)79-43-42-76(97-81-31-24-22-29-77(81)78-30-23-25-32-82(78)97)58-84(79)96(85)74-40-35-60(36-41-74)63-45-68(89(4,5)6)55-69(46-63)90(7,8)9/h22-58H,1-21H3/i22D,23D,24D,25D,29D,30D,31D,32D. The Hall–Kier alpha value is -9.12. The van der Waals surface area contributed by atoms with Crippen LogP contribution in [0.25, 0.3) is 72.0 Å². The van der Waals surface area contributed by atoms with Gasteiger partial charge in [-0.25, -0.2) is 0 Å². The lowest BCUT2D eigenvalue weighted by Gasteiger charge is -2.45. The number of benzene rings is 11. The third-order valence-corrected chi connectivity index (χ3v) is 20.7. The molecule has 12 aromatic rings. The van der Waals surface area contributed by atoms with Gasteiger partial charge in [0.15, 0.2) is 0 Å². The Morgan fingerprint density at radius 1 is 0.265 bits per heavy atom. The topological polar surface area (TPSA) is 11.4 Å². The summed E-state index contributed by atoms with van der Waals surface area (Å²) in [4.78, 5) is 4.87. The molecule has 1 aromatic heterocycles. The van der Waals surface area contributed by atoms with Gasteiger partial charge in [0.1, 0.15) is 0 Å². The molecule has 98 heavy (non-hydrogen) atoms. The third-order valence-electron chi connectivity index (χ3n) is 20.7. The van der Waals surface area contributed by atoms with E-state index in [4.69, 9.17) is 2.74 Å². The Morgan fingerprint density at radius 3 is 1.09 bits per heavy atom. The van der Waals surface area contributed by atoms with E-state index in [1.54, 1.807) is 4.57 Å². The van der Waals surface area contributed by atoms with E-state index in [1.165, 1.54) is 38.9 Å². The van der Waals surface area contributed by atoms with Crippen LogP contribution in [0.3, 0.4) is 0 Å². The lowest BCUT2D eigenvalue weighted by Crippen LogP contribution is -2.61. The van der Waals surface area contributed by atoms with Crippen molar-refractivity contribution in [2.75, 3.05) is 9.80 Å². The number of fused-ring (bicyclic) bond motifs is 7. The van der Waals surface area contributed by atoms with Gasteiger partial charge in [-0.05, 0) is 204 Å². The minimum Gasteiger partial charge on any atom is -0.311 e. The first kappa shape index (κ1) is 56.9. The summed E-state index contributed by atoms with van der Waals surface area (Å²) in [5.41, 5.74) is 25.9. The molecule has 0 N–H and O–H groups in total. The summed E-state index contributed by atoms with van der Waals surface area (Å²) in [6, 6.07) is 63.0. The third kappa shape index (κ3) is 12.0. The summed E-state index contributed by atoms with van der Waals surface area (Å²) in [6.07, 6.45) is 0. The van der Waals surface area contributed by atoms with Crippen molar-refractivity contribution in [3.63, 3.8) is 0 Å². The monoisotopic (exact) mass is 1290 g/mol. The van der Waals surface area contributed by atoms with Gasteiger partial charge in [-0.2, -0.15) is 0 Å². The van der Waals surface area contributed by atoms with Gasteiger partial charge in [0, 0.05) is 50.6 Å². The summed E-state index contributed by atoms with van der Waals surface area (Å²) in [6.45, 7) is 47.4. The van der Waals surface area contributed by atoms with Gasteiger partial charge in [-0.3, -0.25) is 0 Å². The van der Waals surface area contributed by atoms with Crippen LogP contribution in [0.15, 0.2) is 224 Å². The molecule has 0 atom stereocenters. The first-order valence-electron chi connectivity index (χ1n) is 39.2. The highest BCUT2D eigenvalue weighted by molar-refractivity contribution is 7.00. The Kier molecular flexibility index (Phi) is 13.5. The van der Waals surface area contributed by atoms with Crippen LogP contribution in [0.2, 0.25) is 0 Å². The van der Waals surface area contributed by atoms with Gasteiger partial charge in [0.25, 0.3) is 6.71 Å². The molecule has 0 fully saturated rings. The number of para-hydroxylation sites is 2. The maximum Gasteiger partial charge on any atom is 0.252 e. The summed E-state index contributed by atoms with van der Waals surface area (Å²) < 4.78 is 76.4. The van der Waals surface area contributed by atoms with Crippen molar-refractivity contribution in [2.45, 2.75) is 183 Å². The Labute approximate surface area is 598 Å². The Bertz CT molecular complexity index is 5440. The number of hydrogen-bond acceptors (Lipinski definition) is 2. The molecule has 3 nitrogen and oxygen atoms in total. The average Bonchev–Trinajstić information content (AvgIpc) is 1.17. The maximum atomic E-state index is 9.73. The minimum absolute atomic E-state index is 0.0278. The zero-order valence-electron chi connectivity index (χ0n) is 69.7. The first-order chi connectivity index (χ1) is 49.3. The van der Waals surface area contributed by atoms with Crippen molar-refractivity contribution in [3.8, 4) is 50.2 Å². The zero-order chi connectivity index (χ0) is 76.7. The Balaban J connectivity index is 1.13. The molecule has 0 amide bonds. The molecular formula is C94H100BN3. The van der Waals surface area contributed by atoms with E-state index >= 15 is 0 Å². The van der Waals surface area contributed by atoms with Crippen molar-refractivity contribution < 1.29 is 11.0 Å². The van der Waals surface area contributed by atoms with Crippen LogP contribution in [0.4, 0.5) is 34.1 Å². The summed E-state index contributed by atoms with van der Waals surface area (Å²) in [5.74, 6) is 0. The molecule has 494 valence electrons. The van der Waals surface area contributed by atoms with Crippen LogP contribution in [0.1, 0.15) is 195 Å². The molecule has 4 heteroatoms. The molecule has 2 aliphatic rings. The highest BCUT2D eigenvalue weighted by Crippen LogP contribution is 2.50. The fourth-order valence-electron chi connectivity index (χ4n) is 14.5. The fourth-order valence-corrected chi connectivity index (χ4v) is 14.5. The molecule has 0 bridgehead atoms. The second-order valence-electron chi connectivity index (χ2n) is 35.2. The quantitative estimate of drug-likeness (QED) is 0.147. The fraction of sp³-hybridized carbons (Fsp3) is 0.298. The maximum absolute atomic E-state index is 9.73.